The molecule has 6 nitrogen and oxygen atoms in total. The number of likely N-dealkylation sites (N-methyl/N-ethyl adjacent to an activating group) is 1. The van der Waals surface area contributed by atoms with E-state index in [1.807, 2.05) is 60.5 Å². The van der Waals surface area contributed by atoms with Crippen LogP contribution in [0.3, 0.4) is 0 Å². The highest BCUT2D eigenvalue weighted by atomic mass is 16.5. The number of azo groups is 1. The zero-order valence-corrected chi connectivity index (χ0v) is 15.3. The average molecular weight is 353 g/mol. The van der Waals surface area contributed by atoms with Crippen LogP contribution in [0, 0.1) is 0 Å². The summed E-state index contributed by atoms with van der Waals surface area (Å²) < 4.78 is 10.2. The Bertz CT molecular complexity index is 768. The van der Waals surface area contributed by atoms with Gasteiger partial charge in [0.25, 0.3) is 0 Å². The van der Waals surface area contributed by atoms with Crippen molar-refractivity contribution in [1.29, 1.82) is 0 Å². The highest BCUT2D eigenvalue weighted by molar-refractivity contribution is 5.86. The Hall–Kier alpha value is -3.15. The molecule has 2 aromatic rings. The Morgan fingerprint density at radius 1 is 1.04 bits per heavy atom. The molecular weight excluding hydrogens is 330 g/mol. The fourth-order valence-corrected chi connectivity index (χ4v) is 2.07. The molecule has 0 unspecified atom stereocenters. The van der Waals surface area contributed by atoms with Gasteiger partial charge in [-0.2, -0.15) is 10.2 Å². The number of ether oxygens (including phenoxy) is 2. The Morgan fingerprint density at radius 3 is 2.08 bits per heavy atom. The number of carbonyl (C=O) groups excluding carboxylic acids is 1. The molecule has 0 atom stereocenters. The van der Waals surface area contributed by atoms with Gasteiger partial charge in [0.2, 0.25) is 0 Å². The first-order valence-corrected chi connectivity index (χ1v) is 8.19. The number of hydrogen-bond acceptors (Lipinski definition) is 6. The van der Waals surface area contributed by atoms with Gasteiger partial charge >= 0.3 is 5.97 Å². The highest BCUT2D eigenvalue weighted by Gasteiger charge is 2.05. The smallest absolute Gasteiger partial charge is 0.333 e. The fraction of sp³-hybridized carbons (Fsp3) is 0.250. The molecule has 2 aromatic carbocycles. The van der Waals surface area contributed by atoms with Crippen molar-refractivity contribution in [3.8, 4) is 5.75 Å². The number of methoxy groups -OCH3 is 1. The van der Waals surface area contributed by atoms with Crippen LogP contribution in [-0.2, 0) is 9.53 Å². The Labute approximate surface area is 153 Å². The maximum Gasteiger partial charge on any atom is 0.333 e. The second-order valence-corrected chi connectivity index (χ2v) is 5.75. The lowest BCUT2D eigenvalue weighted by Crippen LogP contribution is -2.23. The van der Waals surface area contributed by atoms with E-state index in [0.717, 1.165) is 22.8 Å². The van der Waals surface area contributed by atoms with E-state index in [4.69, 9.17) is 9.47 Å². The minimum absolute atomic E-state index is 0.307. The van der Waals surface area contributed by atoms with Gasteiger partial charge in [0, 0.05) is 18.3 Å². The summed E-state index contributed by atoms with van der Waals surface area (Å²) in [5.74, 6) is 0.415. The Kier molecular flexibility index (Phi) is 6.91. The minimum atomic E-state index is -0.368. The van der Waals surface area contributed by atoms with Gasteiger partial charge in [-0.15, -0.1) is 0 Å². The summed E-state index contributed by atoms with van der Waals surface area (Å²) in [6.45, 7) is 6.08. The van der Waals surface area contributed by atoms with Gasteiger partial charge in [-0.05, 0) is 55.5 Å². The predicted molar refractivity (Wildman–Crippen MR) is 103 cm³/mol. The molecule has 0 fully saturated rings. The first kappa shape index (κ1) is 19.2. The van der Waals surface area contributed by atoms with Gasteiger partial charge in [0.15, 0.2) is 0 Å². The van der Waals surface area contributed by atoms with E-state index in [-0.39, 0.29) is 5.97 Å². The van der Waals surface area contributed by atoms with E-state index in [9.17, 15) is 4.79 Å². The molecule has 2 rings (SSSR count). The first-order chi connectivity index (χ1) is 12.5. The summed E-state index contributed by atoms with van der Waals surface area (Å²) >= 11 is 0. The average Bonchev–Trinajstić information content (AvgIpc) is 2.66. The molecule has 0 saturated carbocycles. The number of rotatable bonds is 8. The van der Waals surface area contributed by atoms with E-state index in [1.54, 1.807) is 14.0 Å². The van der Waals surface area contributed by atoms with E-state index >= 15 is 0 Å². The van der Waals surface area contributed by atoms with Gasteiger partial charge in [-0.3, -0.25) is 0 Å². The maximum atomic E-state index is 11.4. The number of hydrogen-bond donors (Lipinski definition) is 0. The van der Waals surface area contributed by atoms with E-state index in [2.05, 4.69) is 16.8 Å². The van der Waals surface area contributed by atoms with E-state index in [1.165, 1.54) is 0 Å². The molecule has 26 heavy (non-hydrogen) atoms. The largest absolute Gasteiger partial charge is 0.497 e. The van der Waals surface area contributed by atoms with E-state index < -0.39 is 0 Å². The third-order valence-corrected chi connectivity index (χ3v) is 3.65. The van der Waals surface area contributed by atoms with Gasteiger partial charge in [0.05, 0.1) is 25.0 Å². The molecule has 0 bridgehead atoms. The molecule has 0 spiro atoms. The summed E-state index contributed by atoms with van der Waals surface area (Å²) in [5.41, 5.74) is 2.91. The lowest BCUT2D eigenvalue weighted by Gasteiger charge is -2.19. The van der Waals surface area contributed by atoms with Crippen molar-refractivity contribution in [1.82, 2.24) is 0 Å². The summed E-state index contributed by atoms with van der Waals surface area (Å²) in [6, 6.07) is 15.0. The molecule has 0 radical (unpaired) electrons. The summed E-state index contributed by atoms with van der Waals surface area (Å²) in [4.78, 5) is 13.4. The summed E-state index contributed by atoms with van der Waals surface area (Å²) in [6.07, 6.45) is 0. The van der Waals surface area contributed by atoms with Crippen LogP contribution >= 0.6 is 0 Å². The maximum absolute atomic E-state index is 11.4. The third-order valence-electron chi connectivity index (χ3n) is 3.65. The van der Waals surface area contributed by atoms with Crippen LogP contribution in [0.25, 0.3) is 0 Å². The lowest BCUT2D eigenvalue weighted by atomic mass is 10.2. The normalized spacial score (nSPS) is 10.6. The molecule has 0 N–H and O–H groups in total. The van der Waals surface area contributed by atoms with Gasteiger partial charge in [-0.1, -0.05) is 6.58 Å². The van der Waals surface area contributed by atoms with Crippen molar-refractivity contribution in [2.24, 2.45) is 10.2 Å². The van der Waals surface area contributed by atoms with Crippen LogP contribution in [-0.4, -0.2) is 33.3 Å². The van der Waals surface area contributed by atoms with Crippen molar-refractivity contribution in [3.05, 3.63) is 60.7 Å². The SMILES string of the molecule is C=C(C)C(=O)OCCN(C)c1ccc(N=Nc2ccc(OC)cc2)cc1. The predicted octanol–water partition coefficient (Wildman–Crippen LogP) is 4.67. The first-order valence-electron chi connectivity index (χ1n) is 8.19. The van der Waals surface area contributed by atoms with Crippen LogP contribution < -0.4 is 9.64 Å². The number of benzene rings is 2. The molecule has 0 aliphatic heterocycles. The van der Waals surface area contributed by atoms with Crippen LogP contribution in [0.2, 0.25) is 0 Å². The topological polar surface area (TPSA) is 63.5 Å². The zero-order chi connectivity index (χ0) is 18.9. The highest BCUT2D eigenvalue weighted by Crippen LogP contribution is 2.23. The molecule has 0 saturated heterocycles. The van der Waals surface area contributed by atoms with Crippen molar-refractivity contribution in [3.63, 3.8) is 0 Å². The number of esters is 1. The second-order valence-electron chi connectivity index (χ2n) is 5.75. The van der Waals surface area contributed by atoms with Crippen LogP contribution in [0.5, 0.6) is 5.75 Å². The second kappa shape index (κ2) is 9.36. The molecule has 6 heteroatoms. The number of carbonyl (C=O) groups is 1. The zero-order valence-electron chi connectivity index (χ0n) is 15.3. The molecule has 0 aromatic heterocycles. The lowest BCUT2D eigenvalue weighted by molar-refractivity contribution is -0.138. The van der Waals surface area contributed by atoms with Gasteiger partial charge < -0.3 is 14.4 Å². The van der Waals surface area contributed by atoms with Gasteiger partial charge in [0.1, 0.15) is 12.4 Å². The van der Waals surface area contributed by atoms with Crippen molar-refractivity contribution < 1.29 is 14.3 Å². The van der Waals surface area contributed by atoms with Crippen molar-refractivity contribution >= 4 is 23.0 Å². The molecule has 0 amide bonds. The molecule has 136 valence electrons. The molecule has 0 aliphatic carbocycles. The number of anilines is 1. The number of nitrogens with zero attached hydrogens (tertiary/aromatic N) is 3. The third kappa shape index (κ3) is 5.73. The fourth-order valence-electron chi connectivity index (χ4n) is 2.07. The van der Waals surface area contributed by atoms with Crippen molar-refractivity contribution in [2.75, 3.05) is 32.2 Å². The molecule has 0 heterocycles. The minimum Gasteiger partial charge on any atom is -0.497 e. The Balaban J connectivity index is 1.89. The molecular formula is C20H23N3O3. The standard InChI is InChI=1S/C20H23N3O3/c1-15(2)20(24)26-14-13-23(3)18-9-5-16(6-10-18)21-22-17-7-11-19(25-4)12-8-17/h5-12H,1,13-14H2,2-4H3. The van der Waals surface area contributed by atoms with Crippen LogP contribution in [0.4, 0.5) is 17.1 Å². The molecule has 0 aliphatic rings. The Morgan fingerprint density at radius 2 is 1.58 bits per heavy atom. The summed E-state index contributed by atoms with van der Waals surface area (Å²) in [7, 11) is 3.56. The van der Waals surface area contributed by atoms with Gasteiger partial charge in [-0.25, -0.2) is 4.79 Å². The van der Waals surface area contributed by atoms with Crippen molar-refractivity contribution in [2.45, 2.75) is 6.92 Å². The van der Waals surface area contributed by atoms with Crippen LogP contribution in [0.1, 0.15) is 6.92 Å². The summed E-state index contributed by atoms with van der Waals surface area (Å²) in [5, 5.41) is 8.43. The monoisotopic (exact) mass is 353 g/mol. The van der Waals surface area contributed by atoms with Crippen LogP contribution in [0.15, 0.2) is 70.9 Å². The quantitative estimate of drug-likeness (QED) is 0.393. The van der Waals surface area contributed by atoms with E-state index in [0.29, 0.717) is 18.7 Å².